The van der Waals surface area contributed by atoms with E-state index in [-0.39, 0.29) is 10.9 Å². The van der Waals surface area contributed by atoms with Crippen molar-refractivity contribution in [2.45, 2.75) is 80.8 Å². The molecule has 0 amide bonds. The van der Waals surface area contributed by atoms with Gasteiger partial charge in [0.25, 0.3) is 0 Å². The molecule has 0 aliphatic heterocycles. The van der Waals surface area contributed by atoms with Crippen LogP contribution in [0.15, 0.2) is 105 Å². The third-order valence-corrected chi connectivity index (χ3v) is 9.35. The van der Waals surface area contributed by atoms with E-state index in [4.69, 9.17) is 5.11 Å². The molecule has 4 heteroatoms. The van der Waals surface area contributed by atoms with Crippen LogP contribution in [0.5, 0.6) is 0 Å². The number of rotatable bonds is 7. The highest BCUT2D eigenvalue weighted by Gasteiger charge is 2.31. The molecule has 1 saturated carbocycles. The molecule has 0 bridgehead atoms. The minimum Gasteiger partial charge on any atom is -0.400 e. The maximum absolute atomic E-state index is 13.0. The molecule has 2 aliphatic rings. The molecule has 0 radical (unpaired) electrons. The number of aliphatic hydroxyl groups excluding tert-OH is 1. The van der Waals surface area contributed by atoms with Gasteiger partial charge < -0.3 is 5.11 Å². The van der Waals surface area contributed by atoms with Crippen LogP contribution in [-0.2, 0) is 21.7 Å². The quantitative estimate of drug-likeness (QED) is 0.303. The van der Waals surface area contributed by atoms with E-state index in [1.54, 1.807) is 0 Å². The molecule has 0 heterocycles. The van der Waals surface area contributed by atoms with E-state index in [0.29, 0.717) is 5.25 Å². The Balaban J connectivity index is 0.00000107. The van der Waals surface area contributed by atoms with E-state index in [2.05, 4.69) is 100 Å². The van der Waals surface area contributed by atoms with E-state index in [1.807, 2.05) is 6.08 Å². The fourth-order valence-corrected chi connectivity index (χ4v) is 7.62. The van der Waals surface area contributed by atoms with Gasteiger partial charge in [-0.05, 0) is 62.3 Å². The molecular formula is C30H43O2S2+. The van der Waals surface area contributed by atoms with Gasteiger partial charge >= 0.3 is 0 Å². The zero-order valence-electron chi connectivity index (χ0n) is 21.4. The van der Waals surface area contributed by atoms with Gasteiger partial charge in [0.2, 0.25) is 0 Å². The fraction of sp³-hybridized carbons (Fsp3) is 0.400. The van der Waals surface area contributed by atoms with Gasteiger partial charge in [0.1, 0.15) is 4.91 Å². The molecule has 1 aromatic carbocycles. The van der Waals surface area contributed by atoms with Crippen molar-refractivity contribution in [1.82, 2.24) is 0 Å². The van der Waals surface area contributed by atoms with E-state index >= 15 is 0 Å². The van der Waals surface area contributed by atoms with Gasteiger partial charge in [-0.15, -0.1) is 0 Å². The lowest BCUT2D eigenvalue weighted by atomic mass is 10.0. The van der Waals surface area contributed by atoms with Gasteiger partial charge in [-0.25, -0.2) is 0 Å². The van der Waals surface area contributed by atoms with Gasteiger partial charge in [-0.3, -0.25) is 4.21 Å². The highest BCUT2D eigenvalue weighted by molar-refractivity contribution is 8.04. The predicted octanol–water partition coefficient (Wildman–Crippen LogP) is 8.17. The van der Waals surface area contributed by atoms with Crippen molar-refractivity contribution in [3.63, 3.8) is 0 Å². The van der Waals surface area contributed by atoms with Crippen molar-refractivity contribution in [1.29, 1.82) is 0 Å². The highest BCUT2D eigenvalue weighted by Crippen LogP contribution is 2.34. The third kappa shape index (κ3) is 9.77. The molecule has 2 unspecified atom stereocenters. The summed E-state index contributed by atoms with van der Waals surface area (Å²) in [6.45, 7) is 10.2. The summed E-state index contributed by atoms with van der Waals surface area (Å²) in [5.74, 6) is 0. The van der Waals surface area contributed by atoms with E-state index in [0.717, 1.165) is 31.3 Å². The van der Waals surface area contributed by atoms with Crippen molar-refractivity contribution < 1.29 is 9.32 Å². The van der Waals surface area contributed by atoms with Gasteiger partial charge in [-0.2, -0.15) is 0 Å². The van der Waals surface area contributed by atoms with E-state index in [1.165, 1.54) is 40.4 Å². The van der Waals surface area contributed by atoms with E-state index in [9.17, 15) is 4.21 Å². The molecule has 0 aromatic heterocycles. The highest BCUT2D eigenvalue weighted by atomic mass is 32.2. The number of allylic oxidation sites excluding steroid dienone is 10. The van der Waals surface area contributed by atoms with Crippen LogP contribution >= 0.6 is 0 Å². The molecule has 0 saturated heterocycles. The van der Waals surface area contributed by atoms with Crippen LogP contribution in [0.1, 0.15) is 65.7 Å². The normalized spacial score (nSPS) is 18.0. The minimum absolute atomic E-state index is 0.186. The zero-order valence-corrected chi connectivity index (χ0v) is 23.0. The maximum Gasteiger partial charge on any atom is 0.166 e. The molecule has 186 valence electrons. The second kappa shape index (κ2) is 18.4. The molecule has 1 fully saturated rings. The smallest absolute Gasteiger partial charge is 0.166 e. The maximum atomic E-state index is 13.0. The summed E-state index contributed by atoms with van der Waals surface area (Å²) in [5.41, 5.74) is 0. The minimum atomic E-state index is -0.895. The monoisotopic (exact) mass is 499 g/mol. The Morgan fingerprint density at radius 3 is 2.32 bits per heavy atom. The fourth-order valence-electron chi connectivity index (χ4n) is 3.80. The second-order valence-corrected chi connectivity index (χ2v) is 11.8. The topological polar surface area (TPSA) is 37.3 Å². The summed E-state index contributed by atoms with van der Waals surface area (Å²) in [6, 6.07) is 8.53. The predicted molar refractivity (Wildman–Crippen MR) is 154 cm³/mol. The van der Waals surface area contributed by atoms with Crippen LogP contribution in [0.3, 0.4) is 0 Å². The first-order valence-corrected chi connectivity index (χ1v) is 14.8. The van der Waals surface area contributed by atoms with Gasteiger partial charge in [0.15, 0.2) is 9.80 Å². The standard InChI is InChI=1S/C26H31OS2.C3H8.CH4O/c1-3-12-22(13-4-2)28(23-14-8-5-6-9-15-23)24-18-20-26(21-19-24)29(27)25-16-10-7-11-17-25;1-3-2;1-2/h3-6,8-9,12-14,18-21,25H,1,7,10-11,15-17H2,2H3;3H2,1-2H3;2H,1H3/q+1;;/b13-4-,22-12+;;. The van der Waals surface area contributed by atoms with Crippen molar-refractivity contribution in [3.05, 3.63) is 95.3 Å². The van der Waals surface area contributed by atoms with Crippen LogP contribution < -0.4 is 0 Å². The van der Waals surface area contributed by atoms with E-state index < -0.39 is 10.8 Å². The number of benzene rings is 1. The first-order valence-electron chi connectivity index (χ1n) is 12.3. The first-order chi connectivity index (χ1) is 16.7. The first kappa shape index (κ1) is 30.2. The van der Waals surface area contributed by atoms with Gasteiger partial charge in [0, 0.05) is 23.7 Å². The van der Waals surface area contributed by atoms with Gasteiger partial charge in [0.05, 0.1) is 21.7 Å². The van der Waals surface area contributed by atoms with Crippen LogP contribution in [0.25, 0.3) is 0 Å². The summed E-state index contributed by atoms with van der Waals surface area (Å²) in [6.07, 6.45) is 27.1. The summed E-state index contributed by atoms with van der Waals surface area (Å²) in [7, 11) is -0.0814. The molecule has 0 spiro atoms. The summed E-state index contributed by atoms with van der Waals surface area (Å²) < 4.78 is 13.0. The van der Waals surface area contributed by atoms with Crippen molar-refractivity contribution in [3.8, 4) is 0 Å². The molecule has 1 aromatic rings. The second-order valence-electron chi connectivity index (χ2n) is 8.00. The summed E-state index contributed by atoms with van der Waals surface area (Å²) in [5, 5.41) is 7.33. The van der Waals surface area contributed by atoms with Gasteiger partial charge in [-0.1, -0.05) is 82.6 Å². The van der Waals surface area contributed by atoms with Crippen LogP contribution in [0.4, 0.5) is 0 Å². The zero-order chi connectivity index (χ0) is 25.2. The molecule has 2 atom stereocenters. The lowest BCUT2D eigenvalue weighted by Gasteiger charge is -2.21. The third-order valence-electron chi connectivity index (χ3n) is 5.22. The van der Waals surface area contributed by atoms with Crippen molar-refractivity contribution >= 4 is 21.7 Å². The average Bonchev–Trinajstić information content (AvgIpc) is 3.16. The Morgan fingerprint density at radius 2 is 1.74 bits per heavy atom. The lowest BCUT2D eigenvalue weighted by molar-refractivity contribution is 0.399. The number of aliphatic hydroxyl groups is 1. The Morgan fingerprint density at radius 1 is 1.09 bits per heavy atom. The average molecular weight is 500 g/mol. The molecule has 1 N–H and O–H groups in total. The summed E-state index contributed by atoms with van der Waals surface area (Å²) in [4.78, 5) is 4.86. The Hall–Kier alpha value is -1.88. The van der Waals surface area contributed by atoms with Crippen LogP contribution in [0.2, 0.25) is 0 Å². The SMILES string of the molecule is C=C/C=C(\C=C/C)[S+](C1=CC=CC=CC1)c1ccc(S(=O)C2CCCCC2)cc1.CCC.CO. The van der Waals surface area contributed by atoms with Crippen LogP contribution in [0, 0.1) is 0 Å². The van der Waals surface area contributed by atoms with Crippen molar-refractivity contribution in [2.75, 3.05) is 7.11 Å². The molecule has 2 aliphatic carbocycles. The number of hydrogen-bond acceptors (Lipinski definition) is 2. The summed E-state index contributed by atoms with van der Waals surface area (Å²) >= 11 is 0. The Bertz CT molecular complexity index is 883. The Labute approximate surface area is 213 Å². The van der Waals surface area contributed by atoms with Crippen LogP contribution in [-0.4, -0.2) is 21.7 Å². The molecule has 3 rings (SSSR count). The largest absolute Gasteiger partial charge is 0.400 e. The molecule has 2 nitrogen and oxygen atoms in total. The molecule has 34 heavy (non-hydrogen) atoms. The lowest BCUT2D eigenvalue weighted by Crippen LogP contribution is -2.18. The molecular weight excluding hydrogens is 456 g/mol. The van der Waals surface area contributed by atoms with Crippen molar-refractivity contribution in [2.24, 2.45) is 0 Å². The Kier molecular flexibility index (Phi) is 16.4. The number of hydrogen-bond donors (Lipinski definition) is 1.